The van der Waals surface area contributed by atoms with Gasteiger partial charge in [0.1, 0.15) is 5.75 Å². The average Bonchev–Trinajstić information content (AvgIpc) is 2.52. The molecule has 0 saturated heterocycles. The summed E-state index contributed by atoms with van der Waals surface area (Å²) in [5.41, 5.74) is 3.49. The molecule has 0 aliphatic rings. The van der Waals surface area contributed by atoms with Crippen LogP contribution < -0.4 is 4.74 Å². The van der Waals surface area contributed by atoms with E-state index in [0.29, 0.717) is 16.3 Å². The van der Waals surface area contributed by atoms with Gasteiger partial charge in [0.05, 0.1) is 0 Å². The first-order chi connectivity index (χ1) is 11.4. The summed E-state index contributed by atoms with van der Waals surface area (Å²) < 4.78 is 10.5. The maximum atomic E-state index is 11.9. The summed E-state index contributed by atoms with van der Waals surface area (Å²) in [6.07, 6.45) is 0. The van der Waals surface area contributed by atoms with Crippen LogP contribution in [0.1, 0.15) is 27.0 Å². The normalized spacial score (nSPS) is 10.3. The minimum absolute atomic E-state index is 0.237. The number of ketones is 1. The second kappa shape index (κ2) is 7.97. The van der Waals surface area contributed by atoms with Crippen LogP contribution in [0, 0.1) is 20.8 Å². The zero-order valence-electron chi connectivity index (χ0n) is 13.9. The van der Waals surface area contributed by atoms with Crippen molar-refractivity contribution in [2.75, 3.05) is 13.2 Å². The molecule has 2 rings (SSSR count). The quantitative estimate of drug-likeness (QED) is 0.584. The third-order valence-corrected chi connectivity index (χ3v) is 3.72. The maximum Gasteiger partial charge on any atom is 0.344 e. The molecule has 0 N–H and O–H groups in total. The first kappa shape index (κ1) is 18.0. The third kappa shape index (κ3) is 4.83. The predicted molar refractivity (Wildman–Crippen MR) is 92.9 cm³/mol. The van der Waals surface area contributed by atoms with Crippen LogP contribution in [0.25, 0.3) is 0 Å². The Morgan fingerprint density at radius 3 is 2.12 bits per heavy atom. The van der Waals surface area contributed by atoms with Gasteiger partial charge in [0.2, 0.25) is 0 Å². The molecule has 0 aromatic heterocycles. The molecule has 2 aromatic rings. The van der Waals surface area contributed by atoms with Crippen molar-refractivity contribution in [2.45, 2.75) is 20.8 Å². The zero-order chi connectivity index (χ0) is 17.7. The van der Waals surface area contributed by atoms with Crippen LogP contribution in [0.15, 0.2) is 36.4 Å². The summed E-state index contributed by atoms with van der Waals surface area (Å²) in [5.74, 6) is -0.207. The largest absolute Gasteiger partial charge is 0.481 e. The van der Waals surface area contributed by atoms with Gasteiger partial charge >= 0.3 is 5.97 Å². The number of hydrogen-bond acceptors (Lipinski definition) is 4. The number of carbonyl (C=O) groups excluding carboxylic acids is 2. The lowest BCUT2D eigenvalue weighted by atomic mass is 10.1. The van der Waals surface area contributed by atoms with Gasteiger partial charge in [-0.25, -0.2) is 4.79 Å². The summed E-state index contributed by atoms with van der Waals surface area (Å²) in [7, 11) is 0. The van der Waals surface area contributed by atoms with E-state index in [9.17, 15) is 9.59 Å². The Bertz CT molecular complexity index is 727. The summed E-state index contributed by atoms with van der Waals surface area (Å²) in [5, 5.41) is 0.542. The molecule has 0 spiro atoms. The van der Waals surface area contributed by atoms with Crippen molar-refractivity contribution in [1.29, 1.82) is 0 Å². The molecule has 0 atom stereocenters. The average molecular weight is 347 g/mol. The highest BCUT2D eigenvalue weighted by Gasteiger charge is 2.12. The number of esters is 1. The molecule has 126 valence electrons. The Hall–Kier alpha value is -2.33. The number of carbonyl (C=O) groups is 2. The number of benzene rings is 2. The minimum Gasteiger partial charge on any atom is -0.481 e. The van der Waals surface area contributed by atoms with E-state index in [4.69, 9.17) is 21.1 Å². The van der Waals surface area contributed by atoms with Gasteiger partial charge in [0.15, 0.2) is 19.0 Å². The van der Waals surface area contributed by atoms with Crippen LogP contribution in [0.2, 0.25) is 5.02 Å². The molecule has 4 nitrogen and oxygen atoms in total. The second-order valence-corrected chi connectivity index (χ2v) is 6.04. The molecular weight excluding hydrogens is 328 g/mol. The van der Waals surface area contributed by atoms with E-state index in [1.54, 1.807) is 24.3 Å². The summed E-state index contributed by atoms with van der Waals surface area (Å²) >= 11 is 5.77. The predicted octanol–water partition coefficient (Wildman–Crippen LogP) is 4.07. The number of rotatable bonds is 6. The lowest BCUT2D eigenvalue weighted by Crippen LogP contribution is -2.20. The van der Waals surface area contributed by atoms with E-state index in [1.807, 2.05) is 32.9 Å². The minimum atomic E-state index is -0.586. The highest BCUT2D eigenvalue weighted by atomic mass is 35.5. The maximum absolute atomic E-state index is 11.9. The van der Waals surface area contributed by atoms with E-state index in [0.717, 1.165) is 16.7 Å². The van der Waals surface area contributed by atoms with Crippen molar-refractivity contribution in [2.24, 2.45) is 0 Å². The molecule has 0 aliphatic heterocycles. The van der Waals surface area contributed by atoms with Crippen LogP contribution >= 0.6 is 11.6 Å². The van der Waals surface area contributed by atoms with Crippen LogP contribution in [-0.4, -0.2) is 25.0 Å². The van der Waals surface area contributed by atoms with Gasteiger partial charge in [-0.15, -0.1) is 0 Å². The highest BCUT2D eigenvalue weighted by Crippen LogP contribution is 2.24. The number of Topliss-reactive ketones (excluding diaryl/α,β-unsaturated/α-hetero) is 1. The molecule has 0 fully saturated rings. The van der Waals surface area contributed by atoms with Gasteiger partial charge in [-0.2, -0.15) is 0 Å². The van der Waals surface area contributed by atoms with E-state index in [-0.39, 0.29) is 19.0 Å². The van der Waals surface area contributed by atoms with Crippen LogP contribution in [0.5, 0.6) is 5.75 Å². The molecule has 0 saturated carbocycles. The molecule has 0 amide bonds. The van der Waals surface area contributed by atoms with Gasteiger partial charge in [-0.3, -0.25) is 4.79 Å². The van der Waals surface area contributed by atoms with Gasteiger partial charge in [-0.05, 0) is 56.2 Å². The fourth-order valence-corrected chi connectivity index (χ4v) is 2.56. The Labute approximate surface area is 146 Å². The van der Waals surface area contributed by atoms with Crippen LogP contribution in [0.3, 0.4) is 0 Å². The first-order valence-corrected chi connectivity index (χ1v) is 7.89. The molecule has 24 heavy (non-hydrogen) atoms. The van der Waals surface area contributed by atoms with Crippen LogP contribution in [-0.2, 0) is 9.53 Å². The van der Waals surface area contributed by atoms with Crippen molar-refractivity contribution >= 4 is 23.4 Å². The Kier molecular flexibility index (Phi) is 5.99. The Morgan fingerprint density at radius 1 is 0.958 bits per heavy atom. The summed E-state index contributed by atoms with van der Waals surface area (Å²) in [6.45, 7) is 5.28. The molecule has 0 unspecified atom stereocenters. The molecule has 2 aromatic carbocycles. The number of ether oxygens (including phenoxy) is 2. The second-order valence-electron chi connectivity index (χ2n) is 5.61. The van der Waals surface area contributed by atoms with Crippen molar-refractivity contribution in [3.05, 3.63) is 63.7 Å². The smallest absolute Gasteiger partial charge is 0.344 e. The SMILES string of the molecule is Cc1cc(C)c(OCC(=O)OCC(=O)c2ccc(Cl)cc2)c(C)c1. The molecular formula is C19H19ClO4. The third-order valence-electron chi connectivity index (χ3n) is 3.47. The number of aryl methyl sites for hydroxylation is 3. The summed E-state index contributed by atoms with van der Waals surface area (Å²) in [6, 6.07) is 10.4. The van der Waals surface area contributed by atoms with Crippen molar-refractivity contribution in [3.63, 3.8) is 0 Å². The Morgan fingerprint density at radius 2 is 1.54 bits per heavy atom. The molecule has 0 bridgehead atoms. The van der Waals surface area contributed by atoms with Gasteiger partial charge in [0, 0.05) is 10.6 Å². The fourth-order valence-electron chi connectivity index (χ4n) is 2.43. The standard InChI is InChI=1S/C19H19ClO4/c1-12-8-13(2)19(14(3)9-12)24-11-18(22)23-10-17(21)15-4-6-16(20)7-5-15/h4-9H,10-11H2,1-3H3. The lowest BCUT2D eigenvalue weighted by molar-refractivity contribution is -0.144. The topological polar surface area (TPSA) is 52.6 Å². The van der Waals surface area contributed by atoms with Crippen LogP contribution in [0.4, 0.5) is 0 Å². The lowest BCUT2D eigenvalue weighted by Gasteiger charge is -2.12. The van der Waals surface area contributed by atoms with E-state index >= 15 is 0 Å². The first-order valence-electron chi connectivity index (χ1n) is 7.52. The molecule has 0 heterocycles. The van der Waals surface area contributed by atoms with E-state index in [2.05, 4.69) is 0 Å². The summed E-state index contributed by atoms with van der Waals surface area (Å²) in [4.78, 5) is 23.7. The van der Waals surface area contributed by atoms with E-state index < -0.39 is 5.97 Å². The van der Waals surface area contributed by atoms with Gasteiger partial charge < -0.3 is 9.47 Å². The van der Waals surface area contributed by atoms with E-state index in [1.165, 1.54) is 0 Å². The monoisotopic (exact) mass is 346 g/mol. The van der Waals surface area contributed by atoms with Crippen molar-refractivity contribution in [1.82, 2.24) is 0 Å². The zero-order valence-corrected chi connectivity index (χ0v) is 14.6. The highest BCUT2D eigenvalue weighted by molar-refractivity contribution is 6.30. The van der Waals surface area contributed by atoms with Gasteiger partial charge in [0.25, 0.3) is 0 Å². The Balaban J connectivity index is 1.86. The molecule has 5 heteroatoms. The molecule has 0 aliphatic carbocycles. The molecule has 0 radical (unpaired) electrons. The van der Waals surface area contributed by atoms with Crippen molar-refractivity contribution < 1.29 is 19.1 Å². The fraction of sp³-hybridized carbons (Fsp3) is 0.263. The van der Waals surface area contributed by atoms with Crippen molar-refractivity contribution in [3.8, 4) is 5.75 Å². The number of halogens is 1. The van der Waals surface area contributed by atoms with Gasteiger partial charge in [-0.1, -0.05) is 29.3 Å². The number of hydrogen-bond donors (Lipinski definition) is 0.